The van der Waals surface area contributed by atoms with Gasteiger partial charge < -0.3 is 10.5 Å². The number of nitrogens with two attached hydrogens (primary N) is 1. The summed E-state index contributed by atoms with van der Waals surface area (Å²) in [6, 6.07) is 8.99. The molecule has 0 aliphatic rings. The van der Waals surface area contributed by atoms with Gasteiger partial charge in [0.1, 0.15) is 18.2 Å². The van der Waals surface area contributed by atoms with Crippen LogP contribution in [0, 0.1) is 11.3 Å². The SMILES string of the molecule is N#Cc1cccc(OCc2cnc(N)cn2)c1. The highest BCUT2D eigenvalue weighted by molar-refractivity contribution is 5.36. The summed E-state index contributed by atoms with van der Waals surface area (Å²) in [6.45, 7) is 0.294. The number of anilines is 1. The number of rotatable bonds is 3. The van der Waals surface area contributed by atoms with Crippen molar-refractivity contribution >= 4 is 5.82 Å². The summed E-state index contributed by atoms with van der Waals surface area (Å²) in [5.41, 5.74) is 6.66. The predicted octanol–water partition coefficient (Wildman–Crippen LogP) is 1.51. The lowest BCUT2D eigenvalue weighted by molar-refractivity contribution is 0.301. The molecule has 0 amide bonds. The Morgan fingerprint density at radius 1 is 1.29 bits per heavy atom. The smallest absolute Gasteiger partial charge is 0.141 e. The summed E-state index contributed by atoms with van der Waals surface area (Å²) in [7, 11) is 0. The summed E-state index contributed by atoms with van der Waals surface area (Å²) in [6.07, 6.45) is 3.04. The van der Waals surface area contributed by atoms with Crippen molar-refractivity contribution in [3.63, 3.8) is 0 Å². The predicted molar refractivity (Wildman–Crippen MR) is 61.9 cm³/mol. The summed E-state index contributed by atoms with van der Waals surface area (Å²) < 4.78 is 5.48. The van der Waals surface area contributed by atoms with Gasteiger partial charge in [-0.05, 0) is 18.2 Å². The van der Waals surface area contributed by atoms with Crippen molar-refractivity contribution in [2.45, 2.75) is 6.61 Å². The maximum atomic E-state index is 8.74. The lowest BCUT2D eigenvalue weighted by atomic mass is 10.2. The Kier molecular flexibility index (Phi) is 3.17. The molecule has 1 aromatic heterocycles. The van der Waals surface area contributed by atoms with Crippen LogP contribution in [-0.2, 0) is 6.61 Å². The van der Waals surface area contributed by atoms with Gasteiger partial charge in [-0.3, -0.25) is 4.98 Å². The maximum absolute atomic E-state index is 8.74. The first-order chi connectivity index (χ1) is 8.28. The Hall–Kier alpha value is -2.61. The Labute approximate surface area is 98.5 Å². The van der Waals surface area contributed by atoms with Crippen molar-refractivity contribution < 1.29 is 4.74 Å². The highest BCUT2D eigenvalue weighted by atomic mass is 16.5. The van der Waals surface area contributed by atoms with Gasteiger partial charge in [-0.25, -0.2) is 4.98 Å². The van der Waals surface area contributed by atoms with Gasteiger partial charge in [0.15, 0.2) is 0 Å². The molecule has 0 radical (unpaired) electrons. The van der Waals surface area contributed by atoms with Gasteiger partial charge in [-0.15, -0.1) is 0 Å². The second kappa shape index (κ2) is 4.94. The van der Waals surface area contributed by atoms with Gasteiger partial charge in [-0.1, -0.05) is 6.07 Å². The fourth-order valence-electron chi connectivity index (χ4n) is 1.25. The Morgan fingerprint density at radius 3 is 2.88 bits per heavy atom. The second-order valence-corrected chi connectivity index (χ2v) is 3.36. The van der Waals surface area contributed by atoms with E-state index < -0.39 is 0 Å². The maximum Gasteiger partial charge on any atom is 0.141 e. The highest BCUT2D eigenvalue weighted by Crippen LogP contribution is 2.13. The lowest BCUT2D eigenvalue weighted by Crippen LogP contribution is -2.00. The molecule has 0 fully saturated rings. The van der Waals surface area contributed by atoms with Crippen molar-refractivity contribution in [1.82, 2.24) is 9.97 Å². The van der Waals surface area contributed by atoms with E-state index in [1.807, 2.05) is 6.07 Å². The molecule has 5 heteroatoms. The molecule has 0 unspecified atom stereocenters. The van der Waals surface area contributed by atoms with Crippen LogP contribution in [-0.4, -0.2) is 9.97 Å². The van der Waals surface area contributed by atoms with E-state index in [1.165, 1.54) is 6.20 Å². The normalized spacial score (nSPS) is 9.59. The van der Waals surface area contributed by atoms with Crippen LogP contribution < -0.4 is 10.5 Å². The fraction of sp³-hybridized carbons (Fsp3) is 0.0833. The lowest BCUT2D eigenvalue weighted by Gasteiger charge is -2.05. The molecule has 1 aromatic carbocycles. The summed E-state index contributed by atoms with van der Waals surface area (Å²) in [5, 5.41) is 8.74. The largest absolute Gasteiger partial charge is 0.487 e. The third-order valence-corrected chi connectivity index (χ3v) is 2.08. The van der Waals surface area contributed by atoms with Gasteiger partial charge in [0, 0.05) is 0 Å². The molecule has 0 saturated carbocycles. The monoisotopic (exact) mass is 226 g/mol. The molecule has 5 nitrogen and oxygen atoms in total. The van der Waals surface area contributed by atoms with Crippen LogP contribution in [0.15, 0.2) is 36.7 Å². The van der Waals surface area contributed by atoms with E-state index in [0.717, 1.165) is 0 Å². The van der Waals surface area contributed by atoms with Crippen LogP contribution in [0.3, 0.4) is 0 Å². The molecule has 17 heavy (non-hydrogen) atoms. The standard InChI is InChI=1S/C12H10N4O/c13-5-9-2-1-3-11(4-9)17-8-10-6-16-12(14)7-15-10/h1-4,6-7H,8H2,(H2,14,16). The molecule has 0 bridgehead atoms. The molecule has 84 valence electrons. The van der Waals surface area contributed by atoms with Crippen LogP contribution in [0.25, 0.3) is 0 Å². The average Bonchev–Trinajstić information content (AvgIpc) is 2.38. The molecule has 2 N–H and O–H groups in total. The van der Waals surface area contributed by atoms with E-state index in [9.17, 15) is 0 Å². The molecule has 0 atom stereocenters. The molecule has 1 heterocycles. The van der Waals surface area contributed by atoms with E-state index in [-0.39, 0.29) is 0 Å². The first-order valence-corrected chi connectivity index (χ1v) is 4.97. The molecule has 2 rings (SSSR count). The van der Waals surface area contributed by atoms with Crippen molar-refractivity contribution in [1.29, 1.82) is 5.26 Å². The average molecular weight is 226 g/mol. The van der Waals surface area contributed by atoms with Gasteiger partial charge in [0.2, 0.25) is 0 Å². The Morgan fingerprint density at radius 2 is 2.18 bits per heavy atom. The van der Waals surface area contributed by atoms with Crippen molar-refractivity contribution in [2.75, 3.05) is 5.73 Å². The zero-order valence-electron chi connectivity index (χ0n) is 9.00. The van der Waals surface area contributed by atoms with Gasteiger partial charge in [0.05, 0.1) is 29.7 Å². The molecule has 0 aliphatic heterocycles. The third-order valence-electron chi connectivity index (χ3n) is 2.08. The Balaban J connectivity index is 2.02. The summed E-state index contributed by atoms with van der Waals surface area (Å²) in [5.74, 6) is 1.00. The number of hydrogen-bond acceptors (Lipinski definition) is 5. The van der Waals surface area contributed by atoms with Crippen LogP contribution in [0.5, 0.6) is 5.75 Å². The van der Waals surface area contributed by atoms with E-state index in [4.69, 9.17) is 15.7 Å². The van der Waals surface area contributed by atoms with Crippen LogP contribution >= 0.6 is 0 Å². The summed E-state index contributed by atoms with van der Waals surface area (Å²) >= 11 is 0. The quantitative estimate of drug-likeness (QED) is 0.857. The fourth-order valence-corrected chi connectivity index (χ4v) is 1.25. The number of nitrogen functional groups attached to an aromatic ring is 1. The van der Waals surface area contributed by atoms with E-state index in [0.29, 0.717) is 29.4 Å². The minimum atomic E-state index is 0.294. The molecular weight excluding hydrogens is 216 g/mol. The van der Waals surface area contributed by atoms with Gasteiger partial charge >= 0.3 is 0 Å². The first-order valence-electron chi connectivity index (χ1n) is 4.97. The van der Waals surface area contributed by atoms with Crippen molar-refractivity contribution in [2.24, 2.45) is 0 Å². The number of nitrogens with zero attached hydrogens (tertiary/aromatic N) is 3. The number of aromatic nitrogens is 2. The van der Waals surface area contributed by atoms with Crippen LogP contribution in [0.4, 0.5) is 5.82 Å². The van der Waals surface area contributed by atoms with Crippen LogP contribution in [0.1, 0.15) is 11.3 Å². The van der Waals surface area contributed by atoms with Crippen molar-refractivity contribution in [3.05, 3.63) is 47.9 Å². The molecule has 0 spiro atoms. The first kappa shape index (κ1) is 10.9. The second-order valence-electron chi connectivity index (χ2n) is 3.36. The minimum Gasteiger partial charge on any atom is -0.487 e. The summed E-state index contributed by atoms with van der Waals surface area (Å²) in [4.78, 5) is 7.97. The number of ether oxygens (including phenoxy) is 1. The topological polar surface area (TPSA) is 84.8 Å². The molecular formula is C12H10N4O. The third kappa shape index (κ3) is 2.92. The van der Waals surface area contributed by atoms with Gasteiger partial charge in [-0.2, -0.15) is 5.26 Å². The number of nitriles is 1. The van der Waals surface area contributed by atoms with E-state index >= 15 is 0 Å². The van der Waals surface area contributed by atoms with Gasteiger partial charge in [0.25, 0.3) is 0 Å². The minimum absolute atomic E-state index is 0.294. The highest BCUT2D eigenvalue weighted by Gasteiger charge is 1.99. The van der Waals surface area contributed by atoms with Crippen LogP contribution in [0.2, 0.25) is 0 Å². The number of benzene rings is 1. The molecule has 2 aromatic rings. The molecule has 0 saturated heterocycles. The van der Waals surface area contributed by atoms with E-state index in [2.05, 4.69) is 9.97 Å². The Bertz CT molecular complexity index is 545. The van der Waals surface area contributed by atoms with Crippen molar-refractivity contribution in [3.8, 4) is 11.8 Å². The zero-order chi connectivity index (χ0) is 12.1. The van der Waals surface area contributed by atoms with E-state index in [1.54, 1.807) is 30.5 Å². The zero-order valence-corrected chi connectivity index (χ0v) is 9.00. The molecule has 0 aliphatic carbocycles. The number of hydrogen-bond donors (Lipinski definition) is 1.